The maximum Gasteiger partial charge on any atom is 0.407 e. The molecule has 0 saturated heterocycles. The van der Waals surface area contributed by atoms with Gasteiger partial charge >= 0.3 is 6.09 Å². The zero-order chi connectivity index (χ0) is 17.0. The molecule has 2 saturated carbocycles. The summed E-state index contributed by atoms with van der Waals surface area (Å²) in [5, 5.41) is 6.65. The molecule has 0 aliphatic heterocycles. The van der Waals surface area contributed by atoms with Crippen molar-refractivity contribution in [1.82, 2.24) is 10.6 Å². The summed E-state index contributed by atoms with van der Waals surface area (Å²) in [4.78, 5) is 23.0. The van der Waals surface area contributed by atoms with Gasteiger partial charge in [-0.2, -0.15) is 0 Å². The van der Waals surface area contributed by atoms with Gasteiger partial charge in [-0.25, -0.2) is 4.79 Å². The van der Waals surface area contributed by atoms with Crippen molar-refractivity contribution in [1.29, 1.82) is 0 Å². The van der Waals surface area contributed by atoms with Crippen molar-refractivity contribution in [3.63, 3.8) is 0 Å². The normalized spacial score (nSPS) is 31.6. The molecular formula is C17H31N3O3. The van der Waals surface area contributed by atoms with Crippen molar-refractivity contribution in [3.8, 4) is 0 Å². The van der Waals surface area contributed by atoms with E-state index < -0.39 is 5.60 Å². The van der Waals surface area contributed by atoms with Gasteiger partial charge in [-0.15, -0.1) is 0 Å². The van der Waals surface area contributed by atoms with Crippen LogP contribution < -0.4 is 16.4 Å². The van der Waals surface area contributed by atoms with E-state index in [0.29, 0.717) is 12.1 Å². The fourth-order valence-electron chi connectivity index (χ4n) is 3.62. The van der Waals surface area contributed by atoms with Crippen molar-refractivity contribution in [3.05, 3.63) is 0 Å². The fourth-order valence-corrected chi connectivity index (χ4v) is 3.62. The van der Waals surface area contributed by atoms with E-state index in [4.69, 9.17) is 10.5 Å². The Balaban J connectivity index is 1.68. The molecule has 2 unspecified atom stereocenters. The predicted molar refractivity (Wildman–Crippen MR) is 88.9 cm³/mol. The molecule has 2 aliphatic carbocycles. The second-order valence-corrected chi connectivity index (χ2v) is 7.97. The average molecular weight is 325 g/mol. The van der Waals surface area contributed by atoms with Gasteiger partial charge in [-0.3, -0.25) is 4.79 Å². The number of amides is 2. The second kappa shape index (κ2) is 7.51. The highest BCUT2D eigenvalue weighted by Gasteiger charge is 2.31. The molecule has 2 aliphatic rings. The van der Waals surface area contributed by atoms with Crippen LogP contribution in [0.15, 0.2) is 0 Å². The highest BCUT2D eigenvalue weighted by atomic mass is 16.6. The molecule has 0 heterocycles. The van der Waals surface area contributed by atoms with Crippen LogP contribution in [0.2, 0.25) is 0 Å². The van der Waals surface area contributed by atoms with Crippen molar-refractivity contribution in [2.75, 3.05) is 0 Å². The minimum absolute atomic E-state index is 0.0539. The highest BCUT2D eigenvalue weighted by Crippen LogP contribution is 2.27. The molecule has 6 nitrogen and oxygen atoms in total. The van der Waals surface area contributed by atoms with Gasteiger partial charge in [0.25, 0.3) is 0 Å². The number of rotatable bonds is 4. The van der Waals surface area contributed by atoms with Crippen LogP contribution in [0.1, 0.15) is 65.7 Å². The van der Waals surface area contributed by atoms with Crippen LogP contribution in [0, 0.1) is 5.92 Å². The summed E-state index contributed by atoms with van der Waals surface area (Å²) in [5.74, 6) is -0.107. The summed E-state index contributed by atoms with van der Waals surface area (Å²) in [6, 6.07) is 1.09. The van der Waals surface area contributed by atoms with E-state index in [1.807, 2.05) is 20.8 Å². The second-order valence-electron chi connectivity index (χ2n) is 7.97. The summed E-state index contributed by atoms with van der Waals surface area (Å²) < 4.78 is 5.30. The average Bonchev–Trinajstić information content (AvgIpc) is 2.84. The number of hydrogen-bond donors (Lipinski definition) is 3. The molecule has 6 heteroatoms. The number of carbonyl (C=O) groups excluding carboxylic acids is 2. The first-order valence-corrected chi connectivity index (χ1v) is 8.78. The Labute approximate surface area is 138 Å². The lowest BCUT2D eigenvalue weighted by molar-refractivity contribution is -0.122. The zero-order valence-corrected chi connectivity index (χ0v) is 14.6. The van der Waals surface area contributed by atoms with Crippen LogP contribution in [0.25, 0.3) is 0 Å². The summed E-state index contributed by atoms with van der Waals surface area (Å²) in [6.45, 7) is 5.61. The van der Waals surface area contributed by atoms with Gasteiger partial charge in [0.1, 0.15) is 5.60 Å². The van der Waals surface area contributed by atoms with Gasteiger partial charge in [0, 0.05) is 24.0 Å². The maximum atomic E-state index is 11.8. The molecule has 0 bridgehead atoms. The van der Waals surface area contributed by atoms with E-state index in [1.165, 1.54) is 0 Å². The van der Waals surface area contributed by atoms with Crippen LogP contribution in [0.4, 0.5) is 4.79 Å². The lowest BCUT2D eigenvalue weighted by Gasteiger charge is -2.30. The van der Waals surface area contributed by atoms with E-state index in [2.05, 4.69) is 10.6 Å². The largest absolute Gasteiger partial charge is 0.444 e. The zero-order valence-electron chi connectivity index (χ0n) is 14.6. The molecule has 0 spiro atoms. The van der Waals surface area contributed by atoms with Crippen LogP contribution >= 0.6 is 0 Å². The van der Waals surface area contributed by atoms with E-state index in [1.54, 1.807) is 0 Å². The fraction of sp³-hybridized carbons (Fsp3) is 0.882. The van der Waals surface area contributed by atoms with E-state index in [-0.39, 0.29) is 24.0 Å². The summed E-state index contributed by atoms with van der Waals surface area (Å²) in [7, 11) is 0. The molecule has 2 atom stereocenters. The van der Waals surface area contributed by atoms with Crippen molar-refractivity contribution < 1.29 is 14.3 Å². The Bertz CT molecular complexity index is 425. The van der Waals surface area contributed by atoms with Gasteiger partial charge in [0.2, 0.25) is 5.91 Å². The summed E-state index contributed by atoms with van der Waals surface area (Å²) in [6.07, 6.45) is 6.45. The minimum Gasteiger partial charge on any atom is -0.444 e. The highest BCUT2D eigenvalue weighted by molar-refractivity contribution is 5.76. The molecule has 2 fully saturated rings. The molecule has 132 valence electrons. The monoisotopic (exact) mass is 325 g/mol. The van der Waals surface area contributed by atoms with Gasteiger partial charge in [-0.05, 0) is 65.7 Å². The number of hydrogen-bond acceptors (Lipinski definition) is 4. The first-order chi connectivity index (χ1) is 10.7. The van der Waals surface area contributed by atoms with Crippen molar-refractivity contribution in [2.45, 2.75) is 89.4 Å². The number of ether oxygens (including phenoxy) is 1. The summed E-state index contributed by atoms with van der Waals surface area (Å²) >= 11 is 0. The lowest BCUT2D eigenvalue weighted by Crippen LogP contribution is -2.42. The standard InChI is InChI=1S/C17H31N3O3/c1-17(2,3)23-16(22)20-14-9-8-13(10-14)19-12-6-4-11(5-7-12)15(18)21/h11-14,19H,4-10H2,1-3H3,(H2,18,21)(H,20,22). The number of nitrogens with one attached hydrogen (secondary N) is 2. The number of alkyl carbamates (subject to hydrolysis) is 1. The predicted octanol–water partition coefficient (Wildman–Crippen LogP) is 2.07. The molecule has 23 heavy (non-hydrogen) atoms. The van der Waals surface area contributed by atoms with E-state index in [0.717, 1.165) is 44.9 Å². The quantitative estimate of drug-likeness (QED) is 0.737. The third-order valence-corrected chi connectivity index (χ3v) is 4.75. The third-order valence-electron chi connectivity index (χ3n) is 4.75. The molecule has 2 rings (SSSR count). The Hall–Kier alpha value is -1.30. The molecule has 0 aromatic rings. The molecular weight excluding hydrogens is 294 g/mol. The minimum atomic E-state index is -0.459. The van der Waals surface area contributed by atoms with Gasteiger partial charge in [-0.1, -0.05) is 0 Å². The molecule has 2 amide bonds. The maximum absolute atomic E-state index is 11.8. The Morgan fingerprint density at radius 1 is 0.957 bits per heavy atom. The lowest BCUT2D eigenvalue weighted by atomic mass is 9.85. The topological polar surface area (TPSA) is 93.4 Å². The Morgan fingerprint density at radius 2 is 1.52 bits per heavy atom. The van der Waals surface area contributed by atoms with Gasteiger partial charge < -0.3 is 21.1 Å². The molecule has 0 aromatic heterocycles. The number of primary amides is 1. The first-order valence-electron chi connectivity index (χ1n) is 8.78. The first kappa shape index (κ1) is 18.0. The summed E-state index contributed by atoms with van der Waals surface area (Å²) in [5.41, 5.74) is 4.91. The van der Waals surface area contributed by atoms with Crippen LogP contribution in [0.3, 0.4) is 0 Å². The molecule has 0 radical (unpaired) electrons. The molecule has 0 aromatic carbocycles. The van der Waals surface area contributed by atoms with Crippen molar-refractivity contribution >= 4 is 12.0 Å². The number of nitrogens with two attached hydrogens (primary N) is 1. The van der Waals surface area contributed by atoms with Crippen LogP contribution in [-0.2, 0) is 9.53 Å². The van der Waals surface area contributed by atoms with E-state index >= 15 is 0 Å². The Morgan fingerprint density at radius 3 is 2.09 bits per heavy atom. The smallest absolute Gasteiger partial charge is 0.407 e. The van der Waals surface area contributed by atoms with E-state index in [9.17, 15) is 9.59 Å². The van der Waals surface area contributed by atoms with Crippen LogP contribution in [0.5, 0.6) is 0 Å². The van der Waals surface area contributed by atoms with Crippen LogP contribution in [-0.4, -0.2) is 35.7 Å². The Kier molecular flexibility index (Phi) is 5.89. The molecule has 4 N–H and O–H groups in total. The van der Waals surface area contributed by atoms with Crippen molar-refractivity contribution in [2.24, 2.45) is 11.7 Å². The SMILES string of the molecule is CC(C)(C)OC(=O)NC1CCC(NC2CCC(C(N)=O)CC2)C1. The van der Waals surface area contributed by atoms with Gasteiger partial charge in [0.15, 0.2) is 0 Å². The third kappa shape index (κ3) is 6.01. The van der Waals surface area contributed by atoms with Gasteiger partial charge in [0.05, 0.1) is 0 Å². The number of carbonyl (C=O) groups is 2.